The van der Waals surface area contributed by atoms with Gasteiger partial charge in [-0.15, -0.1) is 11.8 Å². The molecular formula is C32H41N3O5S. The molecule has 41 heavy (non-hydrogen) atoms. The van der Waals surface area contributed by atoms with Crippen LogP contribution in [0.3, 0.4) is 0 Å². The molecule has 0 atom stereocenters. The topological polar surface area (TPSA) is 73.4 Å². The number of rotatable bonds is 9. The summed E-state index contributed by atoms with van der Waals surface area (Å²) < 4.78 is 22.3. The molecule has 1 amide bonds. The number of hydrogen-bond donors (Lipinski definition) is 0. The Kier molecular flexibility index (Phi) is 9.91. The third-order valence-corrected chi connectivity index (χ3v) is 7.85. The lowest BCUT2D eigenvalue weighted by molar-refractivity contribution is 0.0204. The number of hydrogen-bond acceptors (Lipinski definition) is 8. The Morgan fingerprint density at radius 1 is 0.951 bits per heavy atom. The van der Waals surface area contributed by atoms with E-state index in [1.807, 2.05) is 50.2 Å². The van der Waals surface area contributed by atoms with E-state index in [0.29, 0.717) is 36.9 Å². The van der Waals surface area contributed by atoms with Crippen molar-refractivity contribution in [2.75, 3.05) is 45.6 Å². The van der Waals surface area contributed by atoms with E-state index in [2.05, 4.69) is 46.5 Å². The van der Waals surface area contributed by atoms with Crippen LogP contribution >= 0.6 is 11.8 Å². The number of benzene rings is 2. The molecule has 1 aliphatic heterocycles. The van der Waals surface area contributed by atoms with Gasteiger partial charge in [-0.05, 0) is 93.5 Å². The van der Waals surface area contributed by atoms with Gasteiger partial charge in [0.25, 0.3) is 0 Å². The molecule has 0 saturated carbocycles. The molecule has 0 N–H and O–H groups in total. The van der Waals surface area contributed by atoms with Gasteiger partial charge in [0.1, 0.15) is 5.60 Å². The van der Waals surface area contributed by atoms with Crippen LogP contribution in [0.5, 0.6) is 17.2 Å². The van der Waals surface area contributed by atoms with Gasteiger partial charge < -0.3 is 28.7 Å². The molecule has 0 unspecified atom stereocenters. The number of methoxy groups -OCH3 is 3. The predicted molar refractivity (Wildman–Crippen MR) is 165 cm³/mol. The number of carbonyl (C=O) groups excluding carboxylic acids is 1. The van der Waals surface area contributed by atoms with Gasteiger partial charge in [-0.25, -0.2) is 4.79 Å². The van der Waals surface area contributed by atoms with Crippen LogP contribution in [0.15, 0.2) is 59.8 Å². The van der Waals surface area contributed by atoms with E-state index < -0.39 is 5.60 Å². The predicted octanol–water partition coefficient (Wildman–Crippen LogP) is 6.90. The highest BCUT2D eigenvalue weighted by Gasteiger charge is 2.30. The van der Waals surface area contributed by atoms with Gasteiger partial charge in [-0.2, -0.15) is 0 Å². The maximum absolute atomic E-state index is 12.7. The lowest BCUT2D eigenvalue weighted by atomic mass is 10.0. The van der Waals surface area contributed by atoms with Gasteiger partial charge in [0.05, 0.1) is 21.3 Å². The average molecular weight is 580 g/mol. The molecule has 8 nitrogen and oxygen atoms in total. The van der Waals surface area contributed by atoms with E-state index >= 15 is 0 Å². The molecule has 220 valence electrons. The third-order valence-electron chi connectivity index (χ3n) is 7.11. The van der Waals surface area contributed by atoms with Crippen molar-refractivity contribution in [2.45, 2.75) is 56.7 Å². The van der Waals surface area contributed by atoms with Crippen molar-refractivity contribution in [3.05, 3.63) is 60.4 Å². The molecule has 0 bridgehead atoms. The van der Waals surface area contributed by atoms with Crippen molar-refractivity contribution in [2.24, 2.45) is 0 Å². The van der Waals surface area contributed by atoms with Gasteiger partial charge in [0.15, 0.2) is 11.5 Å². The fourth-order valence-electron chi connectivity index (χ4n) is 5.07. The summed E-state index contributed by atoms with van der Waals surface area (Å²) >= 11 is 1.73. The molecule has 1 aromatic heterocycles. The fourth-order valence-corrected chi connectivity index (χ4v) is 5.48. The second-order valence-corrected chi connectivity index (χ2v) is 11.9. The molecule has 4 rings (SSSR count). The van der Waals surface area contributed by atoms with E-state index in [9.17, 15) is 4.79 Å². The van der Waals surface area contributed by atoms with Gasteiger partial charge in [-0.1, -0.05) is 0 Å². The lowest BCUT2D eigenvalue weighted by Crippen LogP contribution is -2.48. The first kappa shape index (κ1) is 30.4. The first-order valence-corrected chi connectivity index (χ1v) is 15.0. The molecule has 9 heteroatoms. The number of carbonyl (C=O) groups is 1. The Balaban J connectivity index is 1.60. The Bertz CT molecular complexity index is 1290. The zero-order valence-electron chi connectivity index (χ0n) is 25.1. The number of ether oxygens (including phenoxy) is 4. The number of anilines is 1. The van der Waals surface area contributed by atoms with E-state index in [1.165, 1.54) is 4.90 Å². The van der Waals surface area contributed by atoms with Crippen LogP contribution in [0.4, 0.5) is 10.5 Å². The average Bonchev–Trinajstić information content (AvgIpc) is 2.98. The number of piperidine rings is 1. The summed E-state index contributed by atoms with van der Waals surface area (Å²) in [4.78, 5) is 22.8. The third kappa shape index (κ3) is 7.58. The second-order valence-electron chi connectivity index (χ2n) is 11.0. The number of amides is 1. The highest BCUT2D eigenvalue weighted by molar-refractivity contribution is 7.98. The summed E-state index contributed by atoms with van der Waals surface area (Å²) in [6.07, 6.45) is 7.31. The molecule has 1 aliphatic rings. The summed E-state index contributed by atoms with van der Waals surface area (Å²) in [6, 6.07) is 15.0. The van der Waals surface area contributed by atoms with Crippen LogP contribution in [-0.4, -0.2) is 68.3 Å². The van der Waals surface area contributed by atoms with Crippen molar-refractivity contribution < 1.29 is 23.7 Å². The maximum Gasteiger partial charge on any atom is 0.410 e. The molecule has 1 fully saturated rings. The van der Waals surface area contributed by atoms with Gasteiger partial charge >= 0.3 is 6.09 Å². The van der Waals surface area contributed by atoms with Crippen molar-refractivity contribution in [1.82, 2.24) is 9.88 Å². The number of likely N-dealkylation sites (tertiary alicyclic amines) is 1. The largest absolute Gasteiger partial charge is 0.493 e. The number of pyridine rings is 1. The highest BCUT2D eigenvalue weighted by Crippen LogP contribution is 2.41. The Hall–Kier alpha value is -3.59. The van der Waals surface area contributed by atoms with Gasteiger partial charge in [0, 0.05) is 54.2 Å². The first-order valence-electron chi connectivity index (χ1n) is 13.8. The molecule has 1 saturated heterocycles. The molecule has 2 aromatic carbocycles. The molecule has 0 aliphatic carbocycles. The molecular weight excluding hydrogens is 538 g/mol. The van der Waals surface area contributed by atoms with Crippen LogP contribution < -0.4 is 19.1 Å². The monoisotopic (exact) mass is 579 g/mol. The second kappa shape index (κ2) is 13.4. The Labute approximate surface area is 247 Å². The van der Waals surface area contributed by atoms with Crippen molar-refractivity contribution in [1.29, 1.82) is 0 Å². The summed E-state index contributed by atoms with van der Waals surface area (Å²) in [5.74, 6) is 1.75. The van der Waals surface area contributed by atoms with Crippen LogP contribution in [0.2, 0.25) is 0 Å². The van der Waals surface area contributed by atoms with E-state index in [0.717, 1.165) is 35.2 Å². The smallest absolute Gasteiger partial charge is 0.410 e. The van der Waals surface area contributed by atoms with E-state index in [-0.39, 0.29) is 12.1 Å². The molecule has 3 aromatic rings. The Morgan fingerprint density at radius 2 is 1.59 bits per heavy atom. The SMILES string of the molecule is COc1cc(-c2cncc(CN(c3ccc(SC)cc3)C3CCN(C(=O)OC(C)(C)C)CC3)c2)cc(OC)c1OC. The zero-order chi connectivity index (χ0) is 29.6. The first-order chi connectivity index (χ1) is 19.6. The normalized spacial score (nSPS) is 14.0. The van der Waals surface area contributed by atoms with Crippen LogP contribution in [0.25, 0.3) is 11.1 Å². The minimum atomic E-state index is -0.505. The number of nitrogens with zero attached hydrogens (tertiary/aromatic N) is 3. The summed E-state index contributed by atoms with van der Waals surface area (Å²) in [5, 5.41) is 0. The van der Waals surface area contributed by atoms with Crippen LogP contribution in [-0.2, 0) is 11.3 Å². The Morgan fingerprint density at radius 3 is 2.12 bits per heavy atom. The van der Waals surface area contributed by atoms with Crippen molar-refractivity contribution in [3.8, 4) is 28.4 Å². The maximum atomic E-state index is 12.7. The standard InChI is InChI=1S/C32H41N3O5S/c1-32(2,3)40-31(36)34-14-12-26(13-15-34)35(25-8-10-27(41-7)11-9-25)21-22-16-24(20-33-19-22)23-17-28(37-4)30(39-6)29(18-23)38-5/h8-11,16-20,26H,12-15,21H2,1-7H3. The lowest BCUT2D eigenvalue weighted by Gasteiger charge is -2.40. The molecule has 2 heterocycles. The fraction of sp³-hybridized carbons (Fsp3) is 0.438. The number of aromatic nitrogens is 1. The van der Waals surface area contributed by atoms with Crippen molar-refractivity contribution in [3.63, 3.8) is 0 Å². The van der Waals surface area contributed by atoms with E-state index in [4.69, 9.17) is 18.9 Å². The summed E-state index contributed by atoms with van der Waals surface area (Å²) in [6.45, 7) is 7.69. The molecule has 0 spiro atoms. The van der Waals surface area contributed by atoms with Crippen molar-refractivity contribution >= 4 is 23.5 Å². The van der Waals surface area contributed by atoms with Gasteiger partial charge in [0.2, 0.25) is 5.75 Å². The summed E-state index contributed by atoms with van der Waals surface area (Å²) in [7, 11) is 4.83. The zero-order valence-corrected chi connectivity index (χ0v) is 25.9. The highest BCUT2D eigenvalue weighted by atomic mass is 32.2. The number of thioether (sulfide) groups is 1. The van der Waals surface area contributed by atoms with Gasteiger partial charge in [-0.3, -0.25) is 4.98 Å². The minimum absolute atomic E-state index is 0.242. The van der Waals surface area contributed by atoms with Crippen LogP contribution in [0, 0.1) is 0 Å². The minimum Gasteiger partial charge on any atom is -0.493 e. The summed E-state index contributed by atoms with van der Waals surface area (Å²) in [5.41, 5.74) is 3.61. The van der Waals surface area contributed by atoms with E-state index in [1.54, 1.807) is 33.1 Å². The quantitative estimate of drug-likeness (QED) is 0.254. The van der Waals surface area contributed by atoms with Crippen LogP contribution in [0.1, 0.15) is 39.2 Å². The molecule has 0 radical (unpaired) electrons.